The van der Waals surface area contributed by atoms with Crippen molar-refractivity contribution in [3.63, 3.8) is 0 Å². The Morgan fingerprint density at radius 3 is 2.78 bits per heavy atom. The molecular weight excluding hydrogens is 428 g/mol. The number of halogens is 1. The zero-order chi connectivity index (χ0) is 19.1. The van der Waals surface area contributed by atoms with E-state index < -0.39 is 0 Å². The van der Waals surface area contributed by atoms with E-state index in [1.54, 1.807) is 41.7 Å². The molecule has 0 aliphatic heterocycles. The van der Waals surface area contributed by atoms with Crippen molar-refractivity contribution in [3.05, 3.63) is 75.0 Å². The van der Waals surface area contributed by atoms with Gasteiger partial charge in [0.05, 0.1) is 17.6 Å². The number of amides is 1. The highest BCUT2D eigenvalue weighted by atomic mass is 79.9. The maximum Gasteiger partial charge on any atom is 0.259 e. The highest BCUT2D eigenvalue weighted by Crippen LogP contribution is 2.30. The summed E-state index contributed by atoms with van der Waals surface area (Å²) >= 11 is 5.07. The van der Waals surface area contributed by atoms with Gasteiger partial charge in [0.1, 0.15) is 11.3 Å². The number of hydrogen-bond acceptors (Lipinski definition) is 5. The highest BCUT2D eigenvalue weighted by molar-refractivity contribution is 9.10. The largest absolute Gasteiger partial charge is 0.437 e. The minimum Gasteiger partial charge on any atom is -0.437 e. The second kappa shape index (κ2) is 9.64. The Bertz CT molecular complexity index is 886. The molecule has 0 N–H and O–H groups in total. The standard InChI is InChI=1S/C20H19BrN2O3S/c1-25-12-11-23(14-15-6-5-13-27-15)20(24)16-7-4-10-22-19(16)26-18-9-3-2-8-17(18)21/h2-10,13H,11-12,14H2,1H3. The fourth-order valence-corrected chi connectivity index (χ4v) is 3.57. The summed E-state index contributed by atoms with van der Waals surface area (Å²) in [6.07, 6.45) is 1.61. The molecule has 3 aromatic rings. The van der Waals surface area contributed by atoms with Gasteiger partial charge in [-0.2, -0.15) is 0 Å². The fourth-order valence-electron chi connectivity index (χ4n) is 2.48. The molecule has 0 aliphatic carbocycles. The monoisotopic (exact) mass is 446 g/mol. The van der Waals surface area contributed by atoms with E-state index in [1.165, 1.54) is 0 Å². The van der Waals surface area contributed by atoms with Crippen LogP contribution in [0.4, 0.5) is 0 Å². The van der Waals surface area contributed by atoms with Crippen LogP contribution in [-0.2, 0) is 11.3 Å². The Balaban J connectivity index is 1.86. The van der Waals surface area contributed by atoms with Crippen molar-refractivity contribution in [2.45, 2.75) is 6.54 Å². The van der Waals surface area contributed by atoms with Gasteiger partial charge in [0.15, 0.2) is 0 Å². The lowest BCUT2D eigenvalue weighted by atomic mass is 10.2. The number of pyridine rings is 1. The summed E-state index contributed by atoms with van der Waals surface area (Å²) in [5.41, 5.74) is 0.418. The molecule has 0 saturated heterocycles. The molecule has 3 rings (SSSR count). The molecule has 0 unspecified atom stereocenters. The Morgan fingerprint density at radius 2 is 2.04 bits per heavy atom. The number of hydrogen-bond donors (Lipinski definition) is 0. The predicted molar refractivity (Wildman–Crippen MR) is 109 cm³/mol. The molecule has 0 atom stereocenters. The smallest absolute Gasteiger partial charge is 0.259 e. The van der Waals surface area contributed by atoms with E-state index in [0.717, 1.165) is 9.35 Å². The highest BCUT2D eigenvalue weighted by Gasteiger charge is 2.22. The maximum absolute atomic E-state index is 13.2. The first-order chi connectivity index (χ1) is 13.2. The lowest BCUT2D eigenvalue weighted by molar-refractivity contribution is 0.0679. The number of aromatic nitrogens is 1. The first kappa shape index (κ1) is 19.5. The van der Waals surface area contributed by atoms with Crippen LogP contribution >= 0.6 is 27.3 Å². The third-order valence-electron chi connectivity index (χ3n) is 3.82. The number of para-hydroxylation sites is 1. The molecule has 0 aliphatic rings. The van der Waals surface area contributed by atoms with Gasteiger partial charge in [0, 0.05) is 24.7 Å². The Kier molecular flexibility index (Phi) is 6.98. The van der Waals surface area contributed by atoms with E-state index >= 15 is 0 Å². The number of rotatable bonds is 8. The third kappa shape index (κ3) is 5.15. The SMILES string of the molecule is COCCN(Cc1cccs1)C(=O)c1cccnc1Oc1ccccc1Br. The topological polar surface area (TPSA) is 51.7 Å². The van der Waals surface area contributed by atoms with Crippen LogP contribution in [0.5, 0.6) is 11.6 Å². The molecule has 0 spiro atoms. The van der Waals surface area contributed by atoms with Gasteiger partial charge in [-0.25, -0.2) is 4.98 Å². The first-order valence-electron chi connectivity index (χ1n) is 8.37. The zero-order valence-corrected chi connectivity index (χ0v) is 17.2. The molecule has 5 nitrogen and oxygen atoms in total. The molecular formula is C20H19BrN2O3S. The van der Waals surface area contributed by atoms with E-state index in [-0.39, 0.29) is 11.8 Å². The van der Waals surface area contributed by atoms with Crippen molar-refractivity contribution in [3.8, 4) is 11.6 Å². The lowest BCUT2D eigenvalue weighted by Crippen LogP contribution is -2.33. The Hall–Kier alpha value is -2.22. The van der Waals surface area contributed by atoms with E-state index in [4.69, 9.17) is 9.47 Å². The van der Waals surface area contributed by atoms with Gasteiger partial charge in [0.25, 0.3) is 5.91 Å². The van der Waals surface area contributed by atoms with Crippen LogP contribution in [0.3, 0.4) is 0 Å². The summed E-state index contributed by atoms with van der Waals surface area (Å²) < 4.78 is 11.9. The number of carbonyl (C=O) groups excluding carboxylic acids is 1. The zero-order valence-electron chi connectivity index (χ0n) is 14.8. The number of methoxy groups -OCH3 is 1. The van der Waals surface area contributed by atoms with Crippen molar-refractivity contribution in [2.75, 3.05) is 20.3 Å². The molecule has 140 valence electrons. The summed E-state index contributed by atoms with van der Waals surface area (Å²) in [4.78, 5) is 20.4. The number of thiophene rings is 1. The number of carbonyl (C=O) groups is 1. The summed E-state index contributed by atoms with van der Waals surface area (Å²) in [5.74, 6) is 0.741. The summed E-state index contributed by atoms with van der Waals surface area (Å²) in [7, 11) is 1.62. The Labute approximate surface area is 170 Å². The number of ether oxygens (including phenoxy) is 2. The molecule has 27 heavy (non-hydrogen) atoms. The van der Waals surface area contributed by atoms with Crippen LogP contribution in [0, 0.1) is 0 Å². The fraction of sp³-hybridized carbons (Fsp3) is 0.200. The molecule has 0 radical (unpaired) electrons. The van der Waals surface area contributed by atoms with Crippen molar-refractivity contribution in [2.24, 2.45) is 0 Å². The van der Waals surface area contributed by atoms with Gasteiger partial charge in [-0.05, 0) is 51.6 Å². The second-order valence-corrected chi connectivity index (χ2v) is 7.57. The molecule has 0 bridgehead atoms. The summed E-state index contributed by atoms with van der Waals surface area (Å²) in [5, 5.41) is 2.00. The van der Waals surface area contributed by atoms with Crippen molar-refractivity contribution < 1.29 is 14.3 Å². The average molecular weight is 447 g/mol. The first-order valence-corrected chi connectivity index (χ1v) is 10.0. The minimum atomic E-state index is -0.143. The lowest BCUT2D eigenvalue weighted by Gasteiger charge is -2.22. The van der Waals surface area contributed by atoms with Crippen LogP contribution in [0.1, 0.15) is 15.2 Å². The molecule has 2 heterocycles. The molecule has 2 aromatic heterocycles. The van der Waals surface area contributed by atoms with E-state index in [1.807, 2.05) is 41.8 Å². The normalized spacial score (nSPS) is 10.6. The molecule has 0 fully saturated rings. The van der Waals surface area contributed by atoms with Crippen LogP contribution in [0.25, 0.3) is 0 Å². The predicted octanol–water partition coefficient (Wildman–Crippen LogP) is 4.99. The van der Waals surface area contributed by atoms with Crippen LogP contribution in [0.2, 0.25) is 0 Å². The van der Waals surface area contributed by atoms with E-state index in [0.29, 0.717) is 31.0 Å². The van der Waals surface area contributed by atoms with Gasteiger partial charge in [-0.15, -0.1) is 11.3 Å². The van der Waals surface area contributed by atoms with Gasteiger partial charge in [-0.3, -0.25) is 4.79 Å². The van der Waals surface area contributed by atoms with Crippen LogP contribution < -0.4 is 4.74 Å². The molecule has 1 amide bonds. The van der Waals surface area contributed by atoms with E-state index in [9.17, 15) is 4.79 Å². The molecule has 7 heteroatoms. The second-order valence-electron chi connectivity index (χ2n) is 5.69. The summed E-state index contributed by atoms with van der Waals surface area (Å²) in [6, 6.07) is 14.9. The minimum absolute atomic E-state index is 0.143. The van der Waals surface area contributed by atoms with Crippen molar-refractivity contribution >= 4 is 33.2 Å². The maximum atomic E-state index is 13.2. The average Bonchev–Trinajstić information content (AvgIpc) is 3.20. The van der Waals surface area contributed by atoms with Gasteiger partial charge >= 0.3 is 0 Å². The van der Waals surface area contributed by atoms with Gasteiger partial charge in [-0.1, -0.05) is 18.2 Å². The number of nitrogens with zero attached hydrogens (tertiary/aromatic N) is 2. The molecule has 1 aromatic carbocycles. The number of benzene rings is 1. The van der Waals surface area contributed by atoms with Crippen LogP contribution in [-0.4, -0.2) is 36.1 Å². The van der Waals surface area contributed by atoms with Gasteiger partial charge < -0.3 is 14.4 Å². The summed E-state index contributed by atoms with van der Waals surface area (Å²) in [6.45, 7) is 1.46. The van der Waals surface area contributed by atoms with Crippen molar-refractivity contribution in [1.82, 2.24) is 9.88 Å². The Morgan fingerprint density at radius 1 is 1.19 bits per heavy atom. The van der Waals surface area contributed by atoms with Crippen LogP contribution in [0.15, 0.2) is 64.6 Å². The quantitative estimate of drug-likeness (QED) is 0.489. The van der Waals surface area contributed by atoms with E-state index in [2.05, 4.69) is 20.9 Å². The molecule has 0 saturated carbocycles. The third-order valence-corrected chi connectivity index (χ3v) is 5.34. The van der Waals surface area contributed by atoms with Gasteiger partial charge in [0.2, 0.25) is 5.88 Å². The van der Waals surface area contributed by atoms with Crippen molar-refractivity contribution in [1.29, 1.82) is 0 Å².